The van der Waals surface area contributed by atoms with E-state index in [1.165, 1.54) is 44.0 Å². The van der Waals surface area contributed by atoms with E-state index in [0.29, 0.717) is 5.75 Å². The maximum absolute atomic E-state index is 12.7. The standard InChI is InChI=1S/C17H24FNO2/c1-2-3-4-5-13-6-8-14(9-7-13)17(20)21-15-10-11-16(18)19-12-15/h10-14H,2-9H2,1H3/t13-,14-. The molecule has 1 heterocycles. The molecule has 0 saturated heterocycles. The predicted octanol–water partition coefficient (Wildman–Crippen LogP) is 4.51. The normalized spacial score (nSPS) is 22.0. The lowest BCUT2D eigenvalue weighted by Gasteiger charge is -2.27. The summed E-state index contributed by atoms with van der Waals surface area (Å²) in [5, 5.41) is 0. The van der Waals surface area contributed by atoms with Crippen LogP contribution < -0.4 is 4.74 Å². The maximum Gasteiger partial charge on any atom is 0.314 e. The third-order valence-corrected chi connectivity index (χ3v) is 4.31. The molecule has 3 nitrogen and oxygen atoms in total. The maximum atomic E-state index is 12.7. The molecule has 1 fully saturated rings. The van der Waals surface area contributed by atoms with E-state index in [9.17, 15) is 9.18 Å². The second-order valence-corrected chi connectivity index (χ2v) is 5.95. The first-order valence-corrected chi connectivity index (χ1v) is 8.02. The molecule has 21 heavy (non-hydrogen) atoms. The Morgan fingerprint density at radius 3 is 2.67 bits per heavy atom. The van der Waals surface area contributed by atoms with Crippen molar-refractivity contribution >= 4 is 5.97 Å². The van der Waals surface area contributed by atoms with Gasteiger partial charge in [-0.15, -0.1) is 0 Å². The van der Waals surface area contributed by atoms with E-state index in [0.717, 1.165) is 31.6 Å². The van der Waals surface area contributed by atoms with Crippen molar-refractivity contribution in [1.82, 2.24) is 4.98 Å². The molecular weight excluding hydrogens is 269 g/mol. The van der Waals surface area contributed by atoms with Gasteiger partial charge in [-0.05, 0) is 43.7 Å². The number of rotatable bonds is 6. The quantitative estimate of drug-likeness (QED) is 0.440. The minimum Gasteiger partial charge on any atom is -0.425 e. The van der Waals surface area contributed by atoms with Gasteiger partial charge >= 0.3 is 5.97 Å². The van der Waals surface area contributed by atoms with Crippen LogP contribution in [0.25, 0.3) is 0 Å². The molecule has 2 rings (SSSR count). The largest absolute Gasteiger partial charge is 0.425 e. The van der Waals surface area contributed by atoms with Gasteiger partial charge in [-0.1, -0.05) is 32.6 Å². The van der Waals surface area contributed by atoms with E-state index in [2.05, 4.69) is 11.9 Å². The fourth-order valence-electron chi connectivity index (χ4n) is 2.99. The van der Waals surface area contributed by atoms with E-state index >= 15 is 0 Å². The lowest BCUT2D eigenvalue weighted by molar-refractivity contribution is -0.140. The predicted molar refractivity (Wildman–Crippen MR) is 79.4 cm³/mol. The number of carbonyl (C=O) groups excluding carboxylic acids is 1. The molecule has 4 heteroatoms. The molecule has 0 bridgehead atoms. The number of ether oxygens (including phenoxy) is 1. The molecule has 0 amide bonds. The highest BCUT2D eigenvalue weighted by atomic mass is 19.1. The summed E-state index contributed by atoms with van der Waals surface area (Å²) in [7, 11) is 0. The van der Waals surface area contributed by atoms with E-state index < -0.39 is 5.95 Å². The Morgan fingerprint density at radius 2 is 2.05 bits per heavy atom. The van der Waals surface area contributed by atoms with Gasteiger partial charge in [0.05, 0.1) is 12.1 Å². The second-order valence-electron chi connectivity index (χ2n) is 5.95. The van der Waals surface area contributed by atoms with Crippen LogP contribution in [0.3, 0.4) is 0 Å². The monoisotopic (exact) mass is 293 g/mol. The Kier molecular flexibility index (Phi) is 6.15. The molecule has 1 saturated carbocycles. The first kappa shape index (κ1) is 15.9. The van der Waals surface area contributed by atoms with E-state index in [-0.39, 0.29) is 11.9 Å². The number of nitrogens with zero attached hydrogens (tertiary/aromatic N) is 1. The zero-order valence-corrected chi connectivity index (χ0v) is 12.7. The first-order valence-electron chi connectivity index (χ1n) is 8.02. The smallest absolute Gasteiger partial charge is 0.314 e. The summed E-state index contributed by atoms with van der Waals surface area (Å²) in [6.45, 7) is 2.22. The molecule has 1 aliphatic rings. The number of hydrogen-bond donors (Lipinski definition) is 0. The van der Waals surface area contributed by atoms with E-state index in [1.807, 2.05) is 0 Å². The zero-order valence-electron chi connectivity index (χ0n) is 12.7. The van der Waals surface area contributed by atoms with Crippen LogP contribution in [0, 0.1) is 17.8 Å². The Balaban J connectivity index is 1.74. The number of carbonyl (C=O) groups is 1. The Hall–Kier alpha value is -1.45. The third-order valence-electron chi connectivity index (χ3n) is 4.31. The fourth-order valence-corrected chi connectivity index (χ4v) is 2.99. The highest BCUT2D eigenvalue weighted by Crippen LogP contribution is 2.32. The van der Waals surface area contributed by atoms with Gasteiger partial charge in [-0.2, -0.15) is 4.39 Å². The fraction of sp³-hybridized carbons (Fsp3) is 0.647. The van der Waals surface area contributed by atoms with Crippen LogP contribution in [-0.4, -0.2) is 11.0 Å². The highest BCUT2D eigenvalue weighted by molar-refractivity contribution is 5.75. The molecule has 0 atom stereocenters. The van der Waals surface area contributed by atoms with Gasteiger partial charge in [-0.25, -0.2) is 4.98 Å². The molecule has 116 valence electrons. The first-order chi connectivity index (χ1) is 10.2. The van der Waals surface area contributed by atoms with Gasteiger partial charge in [-0.3, -0.25) is 4.79 Å². The van der Waals surface area contributed by atoms with Gasteiger partial charge in [0.2, 0.25) is 5.95 Å². The van der Waals surface area contributed by atoms with Crippen LogP contribution in [0.2, 0.25) is 0 Å². The van der Waals surface area contributed by atoms with Crippen molar-refractivity contribution in [2.45, 2.75) is 58.3 Å². The van der Waals surface area contributed by atoms with Crippen LogP contribution >= 0.6 is 0 Å². The van der Waals surface area contributed by atoms with Crippen LogP contribution in [0.4, 0.5) is 4.39 Å². The summed E-state index contributed by atoms with van der Waals surface area (Å²) in [6.07, 6.45) is 10.5. The van der Waals surface area contributed by atoms with Crippen molar-refractivity contribution < 1.29 is 13.9 Å². The Bertz CT molecular complexity index is 439. The molecule has 1 aromatic rings. The minimum absolute atomic E-state index is 0.0162. The molecule has 0 unspecified atom stereocenters. The van der Waals surface area contributed by atoms with Crippen molar-refractivity contribution in [1.29, 1.82) is 0 Å². The van der Waals surface area contributed by atoms with Gasteiger partial charge in [0.1, 0.15) is 5.75 Å². The number of halogens is 1. The van der Waals surface area contributed by atoms with Crippen LogP contribution in [0.5, 0.6) is 5.75 Å². The highest BCUT2D eigenvalue weighted by Gasteiger charge is 2.27. The lowest BCUT2D eigenvalue weighted by Crippen LogP contribution is -2.25. The average Bonchev–Trinajstić information content (AvgIpc) is 2.50. The molecule has 0 N–H and O–H groups in total. The van der Waals surface area contributed by atoms with Crippen molar-refractivity contribution in [3.8, 4) is 5.75 Å². The number of pyridine rings is 1. The molecule has 1 aromatic heterocycles. The van der Waals surface area contributed by atoms with Gasteiger partial charge in [0.15, 0.2) is 0 Å². The van der Waals surface area contributed by atoms with Crippen molar-refractivity contribution in [2.75, 3.05) is 0 Å². The van der Waals surface area contributed by atoms with Crippen molar-refractivity contribution in [3.63, 3.8) is 0 Å². The molecule has 1 aliphatic carbocycles. The van der Waals surface area contributed by atoms with Gasteiger partial charge in [0, 0.05) is 0 Å². The Labute approximate surface area is 125 Å². The molecule has 0 aliphatic heterocycles. The molecular formula is C17H24FNO2. The summed E-state index contributed by atoms with van der Waals surface area (Å²) in [6, 6.07) is 2.64. The van der Waals surface area contributed by atoms with Crippen LogP contribution in [-0.2, 0) is 4.79 Å². The molecule has 0 spiro atoms. The summed E-state index contributed by atoms with van der Waals surface area (Å²) < 4.78 is 18.0. The molecule has 0 aromatic carbocycles. The third kappa shape index (κ3) is 5.10. The topological polar surface area (TPSA) is 39.2 Å². The summed E-state index contributed by atoms with van der Waals surface area (Å²) in [5.41, 5.74) is 0. The lowest BCUT2D eigenvalue weighted by atomic mass is 9.80. The zero-order chi connectivity index (χ0) is 15.1. The van der Waals surface area contributed by atoms with Gasteiger partial charge < -0.3 is 4.74 Å². The van der Waals surface area contributed by atoms with Crippen LogP contribution in [0.1, 0.15) is 58.3 Å². The van der Waals surface area contributed by atoms with Gasteiger partial charge in [0.25, 0.3) is 0 Å². The number of esters is 1. The van der Waals surface area contributed by atoms with E-state index in [1.54, 1.807) is 0 Å². The van der Waals surface area contributed by atoms with E-state index in [4.69, 9.17) is 4.74 Å². The second kappa shape index (κ2) is 8.11. The summed E-state index contributed by atoms with van der Waals surface area (Å²) in [4.78, 5) is 15.6. The Morgan fingerprint density at radius 1 is 1.29 bits per heavy atom. The SMILES string of the molecule is CCCCC[C@H]1CC[C@H](C(=O)Oc2ccc(F)nc2)CC1. The number of hydrogen-bond acceptors (Lipinski definition) is 3. The average molecular weight is 293 g/mol. The van der Waals surface area contributed by atoms with Crippen LogP contribution in [0.15, 0.2) is 18.3 Å². The number of unbranched alkanes of at least 4 members (excludes halogenated alkanes) is 2. The summed E-state index contributed by atoms with van der Waals surface area (Å²) >= 11 is 0. The van der Waals surface area contributed by atoms with Crippen molar-refractivity contribution in [2.24, 2.45) is 11.8 Å². The van der Waals surface area contributed by atoms with Crippen molar-refractivity contribution in [3.05, 3.63) is 24.3 Å². The summed E-state index contributed by atoms with van der Waals surface area (Å²) in [5.74, 6) is 0.315. The number of aromatic nitrogens is 1. The molecule has 0 radical (unpaired) electrons. The minimum atomic E-state index is -0.567.